The van der Waals surface area contributed by atoms with E-state index in [0.717, 1.165) is 29.0 Å². The summed E-state index contributed by atoms with van der Waals surface area (Å²) in [7, 11) is 0. The first-order valence-electron chi connectivity index (χ1n) is 6.64. The van der Waals surface area contributed by atoms with Crippen LogP contribution in [-0.4, -0.2) is 28.5 Å². The molecule has 3 nitrogen and oxygen atoms in total. The Balaban J connectivity index is 2.39. The van der Waals surface area contributed by atoms with E-state index in [1.165, 1.54) is 0 Å². The van der Waals surface area contributed by atoms with Crippen LogP contribution in [0, 0.1) is 0 Å². The molecule has 1 atom stereocenters. The summed E-state index contributed by atoms with van der Waals surface area (Å²) >= 11 is 6.16. The molecule has 1 amide bonds. The Labute approximate surface area is 118 Å². The van der Waals surface area contributed by atoms with E-state index in [1.54, 1.807) is 0 Å². The van der Waals surface area contributed by atoms with Crippen molar-refractivity contribution in [3.8, 4) is 0 Å². The molecule has 102 valence electrons. The number of carbonyl (C=O) groups is 1. The molecule has 0 saturated heterocycles. The summed E-state index contributed by atoms with van der Waals surface area (Å²) in [6.07, 6.45) is 1.93. The van der Waals surface area contributed by atoms with Gasteiger partial charge in [-0.15, -0.1) is 0 Å². The number of nitrogens with zero attached hydrogens (tertiary/aromatic N) is 2. The molecule has 2 aromatic rings. The summed E-state index contributed by atoms with van der Waals surface area (Å²) in [5.74, 6) is 0.141. The van der Waals surface area contributed by atoms with Crippen molar-refractivity contribution >= 4 is 28.4 Å². The van der Waals surface area contributed by atoms with Crippen molar-refractivity contribution in [2.24, 2.45) is 0 Å². The minimum Gasteiger partial charge on any atom is -0.341 e. The van der Waals surface area contributed by atoms with E-state index in [-0.39, 0.29) is 11.9 Å². The van der Waals surface area contributed by atoms with Crippen LogP contribution in [0.5, 0.6) is 0 Å². The molecule has 2 rings (SSSR count). The fourth-order valence-electron chi connectivity index (χ4n) is 2.41. The molecule has 0 aliphatic carbocycles. The van der Waals surface area contributed by atoms with Gasteiger partial charge in [-0.25, -0.2) is 0 Å². The molecule has 19 heavy (non-hydrogen) atoms. The van der Waals surface area contributed by atoms with E-state index >= 15 is 0 Å². The zero-order valence-corrected chi connectivity index (χ0v) is 12.3. The van der Waals surface area contributed by atoms with Gasteiger partial charge in [-0.05, 0) is 39.0 Å². The third-order valence-corrected chi connectivity index (χ3v) is 3.89. The van der Waals surface area contributed by atoms with Crippen LogP contribution in [-0.2, 0) is 4.79 Å². The topological polar surface area (TPSA) is 25.2 Å². The zero-order valence-electron chi connectivity index (χ0n) is 11.6. The van der Waals surface area contributed by atoms with Crippen LogP contribution in [0.3, 0.4) is 0 Å². The van der Waals surface area contributed by atoms with Crippen LogP contribution < -0.4 is 0 Å². The Morgan fingerprint density at radius 1 is 1.32 bits per heavy atom. The summed E-state index contributed by atoms with van der Waals surface area (Å²) in [6, 6.07) is 7.52. The summed E-state index contributed by atoms with van der Waals surface area (Å²) in [4.78, 5) is 14.3. The number of likely N-dealkylation sites (N-methyl/N-ethyl adjacent to an activating group) is 1. The van der Waals surface area contributed by atoms with Crippen molar-refractivity contribution in [3.63, 3.8) is 0 Å². The summed E-state index contributed by atoms with van der Waals surface area (Å²) in [5.41, 5.74) is 1.00. The number of fused-ring (bicyclic) bond motifs is 1. The lowest BCUT2D eigenvalue weighted by Crippen LogP contribution is -2.35. The highest BCUT2D eigenvalue weighted by Crippen LogP contribution is 2.27. The molecule has 0 fully saturated rings. The van der Waals surface area contributed by atoms with Crippen molar-refractivity contribution < 1.29 is 4.79 Å². The largest absolute Gasteiger partial charge is 0.341 e. The van der Waals surface area contributed by atoms with E-state index in [4.69, 9.17) is 11.6 Å². The van der Waals surface area contributed by atoms with Crippen LogP contribution in [0.2, 0.25) is 5.02 Å². The summed E-state index contributed by atoms with van der Waals surface area (Å²) < 4.78 is 1.99. The number of carbonyl (C=O) groups excluding carboxylic acids is 1. The molecule has 1 aromatic carbocycles. The molecule has 0 bridgehead atoms. The van der Waals surface area contributed by atoms with Crippen LogP contribution in [0.4, 0.5) is 0 Å². The number of hydrogen-bond donors (Lipinski definition) is 0. The molecule has 0 aliphatic rings. The number of hydrogen-bond acceptors (Lipinski definition) is 1. The third-order valence-electron chi connectivity index (χ3n) is 3.56. The van der Waals surface area contributed by atoms with Gasteiger partial charge in [0.25, 0.3) is 0 Å². The zero-order chi connectivity index (χ0) is 14.0. The minimum absolute atomic E-state index is 0.141. The number of amides is 1. The Bertz CT molecular complexity index is 587. The lowest BCUT2D eigenvalue weighted by atomic mass is 10.2. The number of halogens is 1. The maximum Gasteiger partial charge on any atom is 0.245 e. The molecule has 0 radical (unpaired) electrons. The fourth-order valence-corrected chi connectivity index (χ4v) is 2.64. The Hall–Kier alpha value is -1.48. The molecular formula is C15H19ClN2O. The summed E-state index contributed by atoms with van der Waals surface area (Å²) in [5, 5.41) is 1.71. The Morgan fingerprint density at radius 3 is 2.63 bits per heavy atom. The SMILES string of the molecule is CCN(CC)C(=O)C(C)n1ccc2c(Cl)cccc21. The van der Waals surface area contributed by atoms with Crippen molar-refractivity contribution in [3.05, 3.63) is 35.5 Å². The predicted octanol–water partition coefficient (Wildman–Crippen LogP) is 3.72. The van der Waals surface area contributed by atoms with E-state index in [9.17, 15) is 4.79 Å². The first-order valence-corrected chi connectivity index (χ1v) is 7.01. The van der Waals surface area contributed by atoms with E-state index < -0.39 is 0 Å². The maximum absolute atomic E-state index is 12.4. The van der Waals surface area contributed by atoms with Crippen molar-refractivity contribution in [1.82, 2.24) is 9.47 Å². The highest BCUT2D eigenvalue weighted by Gasteiger charge is 2.20. The van der Waals surface area contributed by atoms with Gasteiger partial charge >= 0.3 is 0 Å². The third kappa shape index (κ3) is 2.47. The number of rotatable bonds is 4. The molecule has 0 saturated carbocycles. The van der Waals surface area contributed by atoms with Gasteiger partial charge in [0.1, 0.15) is 6.04 Å². The lowest BCUT2D eigenvalue weighted by Gasteiger charge is -2.24. The molecule has 4 heteroatoms. The first-order chi connectivity index (χ1) is 9.10. The number of aromatic nitrogens is 1. The molecule has 1 unspecified atom stereocenters. The van der Waals surface area contributed by atoms with Gasteiger partial charge in [-0.1, -0.05) is 17.7 Å². The van der Waals surface area contributed by atoms with Gasteiger partial charge in [-0.2, -0.15) is 0 Å². The molecule has 1 heterocycles. The van der Waals surface area contributed by atoms with E-state index in [0.29, 0.717) is 0 Å². The second-order valence-electron chi connectivity index (χ2n) is 4.58. The fraction of sp³-hybridized carbons (Fsp3) is 0.400. The van der Waals surface area contributed by atoms with E-state index in [2.05, 4.69) is 0 Å². The van der Waals surface area contributed by atoms with Crippen molar-refractivity contribution in [2.75, 3.05) is 13.1 Å². The molecule has 0 N–H and O–H groups in total. The highest BCUT2D eigenvalue weighted by atomic mass is 35.5. The average Bonchev–Trinajstić information content (AvgIpc) is 2.84. The maximum atomic E-state index is 12.4. The monoisotopic (exact) mass is 278 g/mol. The van der Waals surface area contributed by atoms with Gasteiger partial charge in [0, 0.05) is 29.7 Å². The quantitative estimate of drug-likeness (QED) is 0.837. The van der Waals surface area contributed by atoms with Gasteiger partial charge in [0.2, 0.25) is 5.91 Å². The van der Waals surface area contributed by atoms with Gasteiger partial charge < -0.3 is 9.47 Å². The smallest absolute Gasteiger partial charge is 0.245 e. The standard InChI is InChI=1S/C15H19ClN2O/c1-4-17(5-2)15(19)11(3)18-10-9-12-13(16)7-6-8-14(12)18/h6-11H,4-5H2,1-3H3. The molecule has 0 spiro atoms. The normalized spacial score (nSPS) is 12.6. The predicted molar refractivity (Wildman–Crippen MR) is 79.6 cm³/mol. The average molecular weight is 279 g/mol. The van der Waals surface area contributed by atoms with Crippen molar-refractivity contribution in [1.29, 1.82) is 0 Å². The molecule has 1 aromatic heterocycles. The highest BCUT2D eigenvalue weighted by molar-refractivity contribution is 6.35. The first kappa shape index (κ1) is 13.9. The lowest BCUT2D eigenvalue weighted by molar-refractivity contribution is -0.133. The Kier molecular flexibility index (Phi) is 4.15. The van der Waals surface area contributed by atoms with Crippen LogP contribution in [0.1, 0.15) is 26.8 Å². The van der Waals surface area contributed by atoms with Crippen LogP contribution in [0.15, 0.2) is 30.5 Å². The molecule has 0 aliphatic heterocycles. The van der Waals surface area contributed by atoms with Gasteiger partial charge in [-0.3, -0.25) is 4.79 Å². The number of benzene rings is 1. The van der Waals surface area contributed by atoms with E-state index in [1.807, 2.05) is 60.7 Å². The van der Waals surface area contributed by atoms with Gasteiger partial charge in [0.15, 0.2) is 0 Å². The van der Waals surface area contributed by atoms with Crippen LogP contribution in [0.25, 0.3) is 10.9 Å². The van der Waals surface area contributed by atoms with Gasteiger partial charge in [0.05, 0.1) is 5.52 Å². The second kappa shape index (κ2) is 5.66. The molecular weight excluding hydrogens is 260 g/mol. The minimum atomic E-state index is -0.212. The summed E-state index contributed by atoms with van der Waals surface area (Å²) in [6.45, 7) is 7.40. The Morgan fingerprint density at radius 2 is 2.00 bits per heavy atom. The van der Waals surface area contributed by atoms with Crippen molar-refractivity contribution in [2.45, 2.75) is 26.8 Å². The van der Waals surface area contributed by atoms with Crippen LogP contribution >= 0.6 is 11.6 Å². The second-order valence-corrected chi connectivity index (χ2v) is 4.99.